The smallest absolute Gasteiger partial charge is 0.230 e. The van der Waals surface area contributed by atoms with E-state index in [-0.39, 0.29) is 11.2 Å². The minimum Gasteiger partial charge on any atom is -0.369 e. The van der Waals surface area contributed by atoms with Gasteiger partial charge in [0.1, 0.15) is 16.2 Å². The highest BCUT2D eigenvalue weighted by molar-refractivity contribution is 8.00. The molecule has 0 aliphatic rings. The molecule has 1 amide bonds. The molecule has 6 heteroatoms. The molecule has 0 fully saturated rings. The summed E-state index contributed by atoms with van der Waals surface area (Å²) >= 11 is 3.15. The molecule has 1 atom stereocenters. The van der Waals surface area contributed by atoms with Crippen LogP contribution in [0.3, 0.4) is 0 Å². The quantitative estimate of drug-likeness (QED) is 0.426. The van der Waals surface area contributed by atoms with E-state index in [2.05, 4.69) is 55.0 Å². The third kappa shape index (κ3) is 4.01. The lowest BCUT2D eigenvalue weighted by Gasteiger charge is -2.12. The van der Waals surface area contributed by atoms with Crippen LogP contribution in [0.15, 0.2) is 35.6 Å². The number of carbonyl (C=O) groups excluding carboxylic acids is 1. The van der Waals surface area contributed by atoms with Crippen LogP contribution in [0.2, 0.25) is 0 Å². The number of nitrogens with zero attached hydrogens (tertiary/aromatic N) is 2. The van der Waals surface area contributed by atoms with Gasteiger partial charge in [-0.15, -0.1) is 11.3 Å². The van der Waals surface area contributed by atoms with Gasteiger partial charge in [-0.2, -0.15) is 0 Å². The number of rotatable bonds is 7. The zero-order chi connectivity index (χ0) is 19.6. The maximum Gasteiger partial charge on any atom is 0.230 e. The van der Waals surface area contributed by atoms with Crippen molar-refractivity contribution in [3.63, 3.8) is 0 Å². The van der Waals surface area contributed by atoms with Gasteiger partial charge in [0.25, 0.3) is 0 Å². The Morgan fingerprint density at radius 3 is 2.44 bits per heavy atom. The van der Waals surface area contributed by atoms with Crippen LogP contribution < -0.4 is 5.73 Å². The summed E-state index contributed by atoms with van der Waals surface area (Å²) < 4.78 is 0. The van der Waals surface area contributed by atoms with Gasteiger partial charge < -0.3 is 5.73 Å². The molecule has 0 aliphatic heterocycles. The SMILES string of the molecule is CCc1sc2ncnc(SC(CC)C(N)=O)c2c1-c1ccc(C(C)C)cc1. The van der Waals surface area contributed by atoms with Crippen LogP contribution in [0, 0.1) is 0 Å². The fraction of sp³-hybridized carbons (Fsp3) is 0.381. The van der Waals surface area contributed by atoms with E-state index in [9.17, 15) is 4.79 Å². The number of thiophene rings is 1. The third-order valence-electron chi connectivity index (χ3n) is 4.66. The molecule has 0 spiro atoms. The van der Waals surface area contributed by atoms with Gasteiger partial charge >= 0.3 is 0 Å². The maximum absolute atomic E-state index is 11.7. The van der Waals surface area contributed by atoms with Crippen molar-refractivity contribution in [3.05, 3.63) is 41.0 Å². The average Bonchev–Trinajstić information content (AvgIpc) is 3.05. The fourth-order valence-electron chi connectivity index (χ4n) is 3.11. The number of aromatic nitrogens is 2. The first-order valence-electron chi connectivity index (χ1n) is 9.28. The summed E-state index contributed by atoms with van der Waals surface area (Å²) in [7, 11) is 0. The molecule has 4 nitrogen and oxygen atoms in total. The molecule has 0 saturated carbocycles. The van der Waals surface area contributed by atoms with Gasteiger partial charge in [-0.3, -0.25) is 4.79 Å². The van der Waals surface area contributed by atoms with Gasteiger partial charge in [-0.25, -0.2) is 9.97 Å². The summed E-state index contributed by atoms with van der Waals surface area (Å²) in [4.78, 5) is 23.0. The molecule has 142 valence electrons. The normalized spacial score (nSPS) is 12.6. The molecule has 0 aliphatic carbocycles. The predicted molar refractivity (Wildman–Crippen MR) is 115 cm³/mol. The highest BCUT2D eigenvalue weighted by Gasteiger charge is 2.22. The lowest BCUT2D eigenvalue weighted by Crippen LogP contribution is -2.24. The summed E-state index contributed by atoms with van der Waals surface area (Å²) in [6, 6.07) is 8.75. The molecule has 3 aromatic rings. The number of primary amides is 1. The van der Waals surface area contributed by atoms with E-state index in [0.29, 0.717) is 12.3 Å². The lowest BCUT2D eigenvalue weighted by molar-refractivity contribution is -0.117. The van der Waals surface area contributed by atoms with E-state index < -0.39 is 0 Å². The number of amides is 1. The molecule has 1 aromatic carbocycles. The van der Waals surface area contributed by atoms with Crippen molar-refractivity contribution in [1.29, 1.82) is 0 Å². The number of fused-ring (bicyclic) bond motifs is 1. The van der Waals surface area contributed by atoms with Gasteiger partial charge in [0.15, 0.2) is 0 Å². The molecular formula is C21H25N3OS2. The third-order valence-corrected chi connectivity index (χ3v) is 7.28. The van der Waals surface area contributed by atoms with Crippen molar-refractivity contribution < 1.29 is 4.79 Å². The second-order valence-corrected chi connectivity index (χ2v) is 9.08. The monoisotopic (exact) mass is 399 g/mol. The second-order valence-electron chi connectivity index (χ2n) is 6.81. The molecule has 2 heterocycles. The first-order valence-corrected chi connectivity index (χ1v) is 11.0. The number of hydrogen-bond donors (Lipinski definition) is 1. The van der Waals surface area contributed by atoms with Crippen LogP contribution in [0.25, 0.3) is 21.3 Å². The minimum atomic E-state index is -0.303. The Hall–Kier alpha value is -1.92. The minimum absolute atomic E-state index is 0.288. The van der Waals surface area contributed by atoms with Crippen LogP contribution in [0.1, 0.15) is 50.5 Å². The lowest BCUT2D eigenvalue weighted by atomic mass is 9.97. The summed E-state index contributed by atoms with van der Waals surface area (Å²) in [5.41, 5.74) is 9.25. The van der Waals surface area contributed by atoms with Gasteiger partial charge in [-0.05, 0) is 29.9 Å². The number of aryl methyl sites for hydroxylation is 1. The molecule has 27 heavy (non-hydrogen) atoms. The van der Waals surface area contributed by atoms with Crippen molar-refractivity contribution in [3.8, 4) is 11.1 Å². The highest BCUT2D eigenvalue weighted by Crippen LogP contribution is 2.43. The highest BCUT2D eigenvalue weighted by atomic mass is 32.2. The van der Waals surface area contributed by atoms with Gasteiger partial charge in [0.05, 0.1) is 10.6 Å². The van der Waals surface area contributed by atoms with Gasteiger partial charge in [-0.1, -0.05) is 63.7 Å². The Morgan fingerprint density at radius 1 is 1.19 bits per heavy atom. The first kappa shape index (κ1) is 19.8. The van der Waals surface area contributed by atoms with Gasteiger partial charge in [0.2, 0.25) is 5.91 Å². The van der Waals surface area contributed by atoms with Crippen molar-refractivity contribution in [2.24, 2.45) is 5.73 Å². The number of carbonyl (C=O) groups is 1. The van der Waals surface area contributed by atoms with Crippen molar-refractivity contribution in [2.45, 2.75) is 56.7 Å². The number of nitrogens with two attached hydrogens (primary N) is 1. The second kappa shape index (κ2) is 8.40. The Morgan fingerprint density at radius 2 is 1.89 bits per heavy atom. The van der Waals surface area contributed by atoms with E-state index >= 15 is 0 Å². The zero-order valence-electron chi connectivity index (χ0n) is 16.2. The molecule has 2 N–H and O–H groups in total. The van der Waals surface area contributed by atoms with Crippen molar-refractivity contribution in [2.75, 3.05) is 0 Å². The van der Waals surface area contributed by atoms with Crippen LogP contribution in [0.4, 0.5) is 0 Å². The summed E-state index contributed by atoms with van der Waals surface area (Å²) in [6.45, 7) is 8.53. The van der Waals surface area contributed by atoms with Crippen LogP contribution in [-0.4, -0.2) is 21.1 Å². The average molecular weight is 400 g/mol. The number of benzene rings is 1. The standard InChI is InChI=1S/C21H25N3OS2/c1-5-15-17(14-9-7-13(8-10-14)12(3)4)18-20(26-15)23-11-24-21(18)27-16(6-2)19(22)25/h7-12,16H,5-6H2,1-4H3,(H2,22,25). The molecule has 2 aromatic heterocycles. The molecule has 1 unspecified atom stereocenters. The first-order chi connectivity index (χ1) is 13.0. The van der Waals surface area contributed by atoms with Crippen molar-refractivity contribution in [1.82, 2.24) is 9.97 Å². The Kier molecular flexibility index (Phi) is 6.17. The predicted octanol–water partition coefficient (Wildman–Crippen LogP) is 5.40. The Bertz CT molecular complexity index is 948. The summed E-state index contributed by atoms with van der Waals surface area (Å²) in [5, 5.41) is 1.59. The Labute approximate surface area is 168 Å². The molecule has 0 bridgehead atoms. The van der Waals surface area contributed by atoms with Gasteiger partial charge in [0, 0.05) is 10.4 Å². The van der Waals surface area contributed by atoms with E-state index in [1.165, 1.54) is 33.3 Å². The van der Waals surface area contributed by atoms with Crippen LogP contribution in [-0.2, 0) is 11.2 Å². The number of hydrogen-bond acceptors (Lipinski definition) is 5. The zero-order valence-corrected chi connectivity index (χ0v) is 17.8. The van der Waals surface area contributed by atoms with E-state index in [0.717, 1.165) is 21.7 Å². The molecular weight excluding hydrogens is 374 g/mol. The Balaban J connectivity index is 2.17. The van der Waals surface area contributed by atoms with E-state index in [1.54, 1.807) is 17.7 Å². The maximum atomic E-state index is 11.7. The summed E-state index contributed by atoms with van der Waals surface area (Å²) in [5.74, 6) is 0.197. The molecule has 0 saturated heterocycles. The van der Waals surface area contributed by atoms with Crippen LogP contribution >= 0.6 is 23.1 Å². The largest absolute Gasteiger partial charge is 0.369 e. The molecule has 3 rings (SSSR count). The fourth-order valence-corrected chi connectivity index (χ4v) is 5.25. The van der Waals surface area contributed by atoms with Crippen molar-refractivity contribution >= 4 is 39.2 Å². The van der Waals surface area contributed by atoms with E-state index in [4.69, 9.17) is 5.73 Å². The topological polar surface area (TPSA) is 68.9 Å². The van der Waals surface area contributed by atoms with E-state index in [1.807, 2.05) is 6.92 Å². The molecule has 0 radical (unpaired) electrons. The van der Waals surface area contributed by atoms with Crippen LogP contribution in [0.5, 0.6) is 0 Å². The summed E-state index contributed by atoms with van der Waals surface area (Å²) in [6.07, 6.45) is 3.19. The number of thioether (sulfide) groups is 1.